The van der Waals surface area contributed by atoms with E-state index in [9.17, 15) is 8.78 Å². The number of fused-ring (bicyclic) bond motifs is 1. The summed E-state index contributed by atoms with van der Waals surface area (Å²) in [5, 5.41) is 0.928. The van der Waals surface area contributed by atoms with E-state index in [4.69, 9.17) is 14.7 Å². The SMILES string of the molecule is CC1(C)COCCN1c1cc(N2CCC(F)(F)CC2)nc(-c2ccnc3[nH]ccc23)n1. The van der Waals surface area contributed by atoms with Crippen molar-refractivity contribution in [1.82, 2.24) is 19.9 Å². The number of H-pyrrole nitrogens is 1. The molecule has 7 nitrogen and oxygen atoms in total. The first-order chi connectivity index (χ1) is 14.8. The summed E-state index contributed by atoms with van der Waals surface area (Å²) in [5.41, 5.74) is 1.39. The Hall–Kier alpha value is -2.81. The Bertz CT molecular complexity index is 1090. The number of halogens is 2. The summed E-state index contributed by atoms with van der Waals surface area (Å²) in [6, 6.07) is 5.77. The molecule has 0 spiro atoms. The molecule has 5 heterocycles. The van der Waals surface area contributed by atoms with Gasteiger partial charge in [0.25, 0.3) is 5.92 Å². The van der Waals surface area contributed by atoms with Gasteiger partial charge in [-0.15, -0.1) is 0 Å². The second-order valence-electron chi connectivity index (χ2n) is 8.87. The average Bonchev–Trinajstić information content (AvgIpc) is 3.22. The maximum absolute atomic E-state index is 13.8. The van der Waals surface area contributed by atoms with Gasteiger partial charge in [-0.1, -0.05) is 0 Å². The van der Waals surface area contributed by atoms with Crippen LogP contribution in [0, 0.1) is 0 Å². The van der Waals surface area contributed by atoms with Crippen molar-refractivity contribution in [3.63, 3.8) is 0 Å². The molecule has 164 valence electrons. The lowest BCUT2D eigenvalue weighted by Crippen LogP contribution is -2.53. The summed E-state index contributed by atoms with van der Waals surface area (Å²) in [6.45, 7) is 6.69. The number of rotatable bonds is 3. The number of anilines is 2. The van der Waals surface area contributed by atoms with E-state index >= 15 is 0 Å². The number of hydrogen-bond acceptors (Lipinski definition) is 6. The Morgan fingerprint density at radius 3 is 2.61 bits per heavy atom. The highest BCUT2D eigenvalue weighted by molar-refractivity contribution is 5.91. The van der Waals surface area contributed by atoms with Gasteiger partial charge in [0.1, 0.15) is 17.3 Å². The van der Waals surface area contributed by atoms with Gasteiger partial charge >= 0.3 is 0 Å². The number of morpholine rings is 1. The number of aromatic amines is 1. The zero-order valence-electron chi connectivity index (χ0n) is 17.7. The van der Waals surface area contributed by atoms with Gasteiger partial charge in [-0.3, -0.25) is 0 Å². The summed E-state index contributed by atoms with van der Waals surface area (Å²) < 4.78 is 33.2. The van der Waals surface area contributed by atoms with E-state index in [1.165, 1.54) is 0 Å². The van der Waals surface area contributed by atoms with Crippen LogP contribution in [0.3, 0.4) is 0 Å². The molecule has 3 aromatic heterocycles. The fourth-order valence-corrected chi connectivity index (χ4v) is 4.34. The highest BCUT2D eigenvalue weighted by atomic mass is 19.3. The van der Waals surface area contributed by atoms with Crippen LogP contribution in [0.5, 0.6) is 0 Å². The molecular weight excluding hydrogens is 402 g/mol. The van der Waals surface area contributed by atoms with Gasteiger partial charge in [-0.05, 0) is 26.0 Å². The molecule has 1 N–H and O–H groups in total. The van der Waals surface area contributed by atoms with Crippen LogP contribution in [0.2, 0.25) is 0 Å². The summed E-state index contributed by atoms with van der Waals surface area (Å²) in [6.07, 6.45) is 3.23. The Labute approximate surface area is 179 Å². The fraction of sp³-hybridized carbons (Fsp3) is 0.500. The van der Waals surface area contributed by atoms with Crippen LogP contribution < -0.4 is 9.80 Å². The lowest BCUT2D eigenvalue weighted by atomic mass is 10.0. The zero-order chi connectivity index (χ0) is 21.6. The molecule has 0 bridgehead atoms. The van der Waals surface area contributed by atoms with Crippen LogP contribution in [-0.4, -0.2) is 64.2 Å². The van der Waals surface area contributed by atoms with Crippen molar-refractivity contribution in [3.8, 4) is 11.4 Å². The Balaban J connectivity index is 1.61. The van der Waals surface area contributed by atoms with E-state index in [-0.39, 0.29) is 31.5 Å². The van der Waals surface area contributed by atoms with Crippen LogP contribution >= 0.6 is 0 Å². The topological polar surface area (TPSA) is 70.2 Å². The Morgan fingerprint density at radius 1 is 1.06 bits per heavy atom. The quantitative estimate of drug-likeness (QED) is 0.683. The molecule has 3 aromatic rings. The maximum atomic E-state index is 13.8. The summed E-state index contributed by atoms with van der Waals surface area (Å²) >= 11 is 0. The number of nitrogens with one attached hydrogen (secondary N) is 1. The summed E-state index contributed by atoms with van der Waals surface area (Å²) in [4.78, 5) is 21.4. The molecule has 2 fully saturated rings. The molecule has 0 atom stereocenters. The van der Waals surface area contributed by atoms with Gasteiger partial charge in [0.05, 0.1) is 18.8 Å². The lowest BCUT2D eigenvalue weighted by molar-refractivity contribution is -0.0221. The minimum Gasteiger partial charge on any atom is -0.377 e. The number of pyridine rings is 1. The molecule has 9 heteroatoms. The highest BCUT2D eigenvalue weighted by Crippen LogP contribution is 2.35. The van der Waals surface area contributed by atoms with E-state index in [1.54, 1.807) is 6.20 Å². The summed E-state index contributed by atoms with van der Waals surface area (Å²) in [5.74, 6) is -0.576. The molecule has 0 saturated carbocycles. The largest absolute Gasteiger partial charge is 0.377 e. The third-order valence-corrected chi connectivity index (χ3v) is 6.14. The van der Waals surface area contributed by atoms with Gasteiger partial charge in [-0.2, -0.15) is 0 Å². The molecule has 2 aliphatic rings. The third kappa shape index (κ3) is 3.82. The number of hydrogen-bond donors (Lipinski definition) is 1. The van der Waals surface area contributed by atoms with Crippen molar-refractivity contribution in [3.05, 3.63) is 30.6 Å². The monoisotopic (exact) mass is 428 g/mol. The van der Waals surface area contributed by atoms with Crippen molar-refractivity contribution >= 4 is 22.7 Å². The smallest absolute Gasteiger partial charge is 0.251 e. The van der Waals surface area contributed by atoms with Crippen LogP contribution in [-0.2, 0) is 4.74 Å². The van der Waals surface area contributed by atoms with Gasteiger partial charge in [0.15, 0.2) is 5.82 Å². The predicted molar refractivity (Wildman–Crippen MR) is 116 cm³/mol. The number of ether oxygens (including phenoxy) is 1. The fourth-order valence-electron chi connectivity index (χ4n) is 4.34. The molecule has 0 radical (unpaired) electrons. The van der Waals surface area contributed by atoms with E-state index < -0.39 is 5.92 Å². The van der Waals surface area contributed by atoms with Crippen molar-refractivity contribution in [2.75, 3.05) is 42.6 Å². The molecule has 2 aliphatic heterocycles. The molecule has 0 aliphatic carbocycles. The molecular formula is C22H26F2N6O. The van der Waals surface area contributed by atoms with E-state index in [0.29, 0.717) is 31.4 Å². The molecule has 0 aromatic carbocycles. The molecule has 5 rings (SSSR count). The Kier molecular flexibility index (Phi) is 4.80. The van der Waals surface area contributed by atoms with Crippen LogP contribution in [0.4, 0.5) is 20.4 Å². The predicted octanol–water partition coefficient (Wildman–Crippen LogP) is 3.87. The van der Waals surface area contributed by atoms with Crippen molar-refractivity contribution in [1.29, 1.82) is 0 Å². The first-order valence-electron chi connectivity index (χ1n) is 10.6. The lowest BCUT2D eigenvalue weighted by Gasteiger charge is -2.43. The van der Waals surface area contributed by atoms with Gasteiger partial charge in [0.2, 0.25) is 0 Å². The first kappa shape index (κ1) is 20.1. The minimum atomic E-state index is -2.61. The van der Waals surface area contributed by atoms with Gasteiger partial charge in [-0.25, -0.2) is 23.7 Å². The van der Waals surface area contributed by atoms with Crippen LogP contribution in [0.15, 0.2) is 30.6 Å². The van der Waals surface area contributed by atoms with E-state index in [0.717, 1.165) is 22.4 Å². The normalized spacial score (nSPS) is 20.9. The third-order valence-electron chi connectivity index (χ3n) is 6.14. The van der Waals surface area contributed by atoms with Crippen molar-refractivity contribution in [2.45, 2.75) is 38.2 Å². The zero-order valence-corrected chi connectivity index (χ0v) is 17.7. The average molecular weight is 428 g/mol. The minimum absolute atomic E-state index is 0.165. The maximum Gasteiger partial charge on any atom is 0.251 e. The summed E-state index contributed by atoms with van der Waals surface area (Å²) in [7, 11) is 0. The first-order valence-corrected chi connectivity index (χ1v) is 10.6. The Morgan fingerprint density at radius 2 is 1.84 bits per heavy atom. The standard InChI is InChI=1S/C22H26F2N6O/c1-21(2)14-31-12-11-30(21)18-13-17(29-9-5-22(23,24)6-10-29)27-20(28-18)16-4-8-26-19-15(16)3-7-25-19/h3-4,7-8,13H,5-6,9-12,14H2,1-2H3,(H,25,26). The van der Waals surface area contributed by atoms with Gasteiger partial charge in [0, 0.05) is 61.9 Å². The van der Waals surface area contributed by atoms with Crippen molar-refractivity contribution in [2.24, 2.45) is 0 Å². The van der Waals surface area contributed by atoms with Crippen LogP contribution in [0.25, 0.3) is 22.4 Å². The van der Waals surface area contributed by atoms with Crippen LogP contribution in [0.1, 0.15) is 26.7 Å². The molecule has 2 saturated heterocycles. The molecule has 0 amide bonds. The molecule has 31 heavy (non-hydrogen) atoms. The number of aromatic nitrogens is 4. The number of nitrogens with zero attached hydrogens (tertiary/aromatic N) is 5. The van der Waals surface area contributed by atoms with E-state index in [1.807, 2.05) is 29.3 Å². The number of alkyl halides is 2. The van der Waals surface area contributed by atoms with E-state index in [2.05, 4.69) is 28.7 Å². The second kappa shape index (κ2) is 7.40. The van der Waals surface area contributed by atoms with Crippen molar-refractivity contribution < 1.29 is 13.5 Å². The highest BCUT2D eigenvalue weighted by Gasteiger charge is 2.36. The second-order valence-corrected chi connectivity index (χ2v) is 8.87. The number of piperidine rings is 1. The molecule has 0 unspecified atom stereocenters. The van der Waals surface area contributed by atoms with Gasteiger partial charge < -0.3 is 19.5 Å².